The molecule has 10 heteroatoms. The number of hydrogen-bond acceptors (Lipinski definition) is 9. The Morgan fingerprint density at radius 3 is 1.96 bits per heavy atom. The van der Waals surface area contributed by atoms with Crippen LogP contribution in [0.2, 0.25) is 0 Å². The van der Waals surface area contributed by atoms with Gasteiger partial charge in [0.05, 0.1) is 45.2 Å². The second-order valence-corrected chi connectivity index (χ2v) is 9.70. The standard InChI is InChI=1S/C16H25NO7S2/c1-26(19,20)25-13-12-23-9-8-21-6-7-22-10-11-24-16(18)14-2-4-15(17)5-3-14/h2-5H,6-13,17H2,1H3. The van der Waals surface area contributed by atoms with E-state index in [0.717, 1.165) is 10.8 Å². The van der Waals surface area contributed by atoms with Crippen molar-refractivity contribution in [1.82, 2.24) is 0 Å². The molecule has 0 amide bonds. The van der Waals surface area contributed by atoms with Crippen LogP contribution in [0.3, 0.4) is 0 Å². The van der Waals surface area contributed by atoms with Gasteiger partial charge in [-0.25, -0.2) is 13.2 Å². The topological polar surface area (TPSA) is 114 Å². The number of esters is 1. The Bertz CT molecular complexity index is 620. The third-order valence-electron chi connectivity index (χ3n) is 2.88. The van der Waals surface area contributed by atoms with Crippen molar-refractivity contribution in [3.63, 3.8) is 0 Å². The number of hydrogen-bond donors (Lipinski definition) is 1. The largest absolute Gasteiger partial charge is 0.460 e. The lowest BCUT2D eigenvalue weighted by Gasteiger charge is -2.07. The second kappa shape index (κ2) is 12.9. The van der Waals surface area contributed by atoms with Crippen LogP contribution in [0.4, 0.5) is 5.69 Å². The Kier molecular flexibility index (Phi) is 11.3. The summed E-state index contributed by atoms with van der Waals surface area (Å²) < 4.78 is 42.6. The summed E-state index contributed by atoms with van der Waals surface area (Å²) in [5.74, 6) is -0.0205. The molecule has 0 unspecified atom stereocenters. The molecular weight excluding hydrogens is 382 g/mol. The van der Waals surface area contributed by atoms with Crippen molar-refractivity contribution in [2.24, 2.45) is 0 Å². The van der Waals surface area contributed by atoms with Gasteiger partial charge in [-0.15, -0.1) is 0 Å². The fraction of sp³-hybridized carbons (Fsp3) is 0.562. The van der Waals surface area contributed by atoms with Gasteiger partial charge < -0.3 is 24.7 Å². The molecule has 0 spiro atoms. The first-order valence-electron chi connectivity index (χ1n) is 7.99. The molecule has 8 nitrogen and oxygen atoms in total. The highest BCUT2D eigenvalue weighted by molar-refractivity contribution is 8.71. The number of nitrogen functional groups attached to an aromatic ring is 1. The zero-order valence-electron chi connectivity index (χ0n) is 14.7. The molecule has 0 aliphatic heterocycles. The van der Waals surface area contributed by atoms with E-state index in [9.17, 15) is 13.2 Å². The normalized spacial score (nSPS) is 11.4. The quantitative estimate of drug-likeness (QED) is 0.210. The molecule has 0 saturated heterocycles. The van der Waals surface area contributed by atoms with Crippen molar-refractivity contribution in [2.75, 3.05) is 64.0 Å². The van der Waals surface area contributed by atoms with E-state index in [0.29, 0.717) is 50.0 Å². The molecule has 0 aromatic heterocycles. The van der Waals surface area contributed by atoms with Gasteiger partial charge in [-0.1, -0.05) is 0 Å². The van der Waals surface area contributed by atoms with E-state index in [1.807, 2.05) is 0 Å². The monoisotopic (exact) mass is 407 g/mol. The van der Waals surface area contributed by atoms with E-state index in [4.69, 9.17) is 24.7 Å². The molecule has 1 rings (SSSR count). The van der Waals surface area contributed by atoms with Gasteiger partial charge in [0.15, 0.2) is 8.87 Å². The molecule has 26 heavy (non-hydrogen) atoms. The van der Waals surface area contributed by atoms with Crippen LogP contribution in [-0.2, 0) is 27.8 Å². The molecule has 0 aliphatic carbocycles. The second-order valence-electron chi connectivity index (χ2n) is 5.12. The summed E-state index contributed by atoms with van der Waals surface area (Å²) in [6, 6.07) is 6.49. The first kappa shape index (κ1) is 22.7. The predicted octanol–water partition coefficient (Wildman–Crippen LogP) is 1.17. The van der Waals surface area contributed by atoms with Crippen molar-refractivity contribution < 1.29 is 32.2 Å². The molecule has 148 valence electrons. The molecule has 0 saturated carbocycles. The van der Waals surface area contributed by atoms with E-state index in [1.165, 1.54) is 6.26 Å². The zero-order chi connectivity index (χ0) is 19.3. The lowest BCUT2D eigenvalue weighted by Crippen LogP contribution is -2.14. The number of carbonyl (C=O) groups excluding carboxylic acids is 1. The molecule has 2 N–H and O–H groups in total. The zero-order valence-corrected chi connectivity index (χ0v) is 16.4. The minimum Gasteiger partial charge on any atom is -0.460 e. The maximum Gasteiger partial charge on any atom is 0.338 e. The third kappa shape index (κ3) is 12.1. The van der Waals surface area contributed by atoms with Crippen molar-refractivity contribution in [3.8, 4) is 0 Å². The summed E-state index contributed by atoms with van der Waals surface area (Å²) in [6.45, 7) is 2.36. The Morgan fingerprint density at radius 2 is 1.42 bits per heavy atom. The number of nitrogens with two attached hydrogens (primary N) is 1. The SMILES string of the molecule is CS(=O)(=O)SCCOCCOCCOCCOC(=O)c1ccc(N)cc1. The molecule has 1 aromatic rings. The molecule has 1 aromatic carbocycles. The average Bonchev–Trinajstić information content (AvgIpc) is 2.58. The summed E-state index contributed by atoms with van der Waals surface area (Å²) in [7, 11) is -2.15. The van der Waals surface area contributed by atoms with Crippen LogP contribution in [0, 0.1) is 0 Å². The lowest BCUT2D eigenvalue weighted by atomic mass is 10.2. The van der Waals surface area contributed by atoms with Crippen molar-refractivity contribution in [2.45, 2.75) is 0 Å². The molecule has 0 atom stereocenters. The van der Waals surface area contributed by atoms with E-state index in [1.54, 1.807) is 24.3 Å². The predicted molar refractivity (Wildman–Crippen MR) is 101 cm³/mol. The summed E-state index contributed by atoms with van der Waals surface area (Å²) in [4.78, 5) is 11.7. The number of carbonyl (C=O) groups is 1. The molecule has 0 heterocycles. The number of benzene rings is 1. The summed E-state index contributed by atoms with van der Waals surface area (Å²) >= 11 is 0. The smallest absolute Gasteiger partial charge is 0.338 e. The number of ether oxygens (including phenoxy) is 4. The van der Waals surface area contributed by atoms with Crippen LogP contribution < -0.4 is 5.73 Å². The van der Waals surface area contributed by atoms with Crippen LogP contribution in [0.5, 0.6) is 0 Å². The number of anilines is 1. The Labute approximate surface area is 157 Å². The Morgan fingerprint density at radius 1 is 0.923 bits per heavy atom. The maximum absolute atomic E-state index is 11.7. The van der Waals surface area contributed by atoms with Gasteiger partial charge in [0.2, 0.25) is 0 Å². The molecule has 0 aliphatic rings. The van der Waals surface area contributed by atoms with Crippen LogP contribution in [0.25, 0.3) is 0 Å². The van der Waals surface area contributed by atoms with E-state index in [2.05, 4.69) is 0 Å². The Balaban J connectivity index is 1.87. The first-order chi connectivity index (χ1) is 12.4. The average molecular weight is 408 g/mol. The molecular formula is C16H25NO7S2. The van der Waals surface area contributed by atoms with Crippen LogP contribution in [0.15, 0.2) is 24.3 Å². The molecule has 0 bridgehead atoms. The fourth-order valence-corrected chi connectivity index (χ4v) is 3.28. The van der Waals surface area contributed by atoms with Crippen molar-refractivity contribution in [3.05, 3.63) is 29.8 Å². The van der Waals surface area contributed by atoms with Gasteiger partial charge in [0.25, 0.3) is 0 Å². The highest BCUT2D eigenvalue weighted by Gasteiger charge is 2.06. The van der Waals surface area contributed by atoms with E-state index >= 15 is 0 Å². The minimum atomic E-state index is -3.01. The van der Waals surface area contributed by atoms with Gasteiger partial charge >= 0.3 is 5.97 Å². The van der Waals surface area contributed by atoms with Crippen LogP contribution in [-0.4, -0.2) is 72.6 Å². The van der Waals surface area contributed by atoms with E-state index in [-0.39, 0.29) is 13.2 Å². The van der Waals surface area contributed by atoms with Gasteiger partial charge in [-0.2, -0.15) is 0 Å². The van der Waals surface area contributed by atoms with Gasteiger partial charge in [0, 0.05) is 17.7 Å². The lowest BCUT2D eigenvalue weighted by molar-refractivity contribution is 0.00206. The summed E-state index contributed by atoms with van der Waals surface area (Å²) in [5.41, 5.74) is 6.58. The van der Waals surface area contributed by atoms with Gasteiger partial charge in [-0.3, -0.25) is 0 Å². The minimum absolute atomic E-state index is 0.157. The highest BCUT2D eigenvalue weighted by atomic mass is 33.1. The van der Waals surface area contributed by atoms with Crippen LogP contribution >= 0.6 is 10.8 Å². The fourth-order valence-electron chi connectivity index (χ4n) is 1.68. The highest BCUT2D eigenvalue weighted by Crippen LogP contribution is 2.08. The van der Waals surface area contributed by atoms with Crippen LogP contribution in [0.1, 0.15) is 10.4 Å². The first-order valence-corrected chi connectivity index (χ1v) is 11.4. The van der Waals surface area contributed by atoms with Gasteiger partial charge in [0.1, 0.15) is 6.61 Å². The molecule has 0 fully saturated rings. The van der Waals surface area contributed by atoms with E-state index < -0.39 is 14.8 Å². The third-order valence-corrected chi connectivity index (χ3v) is 5.42. The Hall–Kier alpha value is -1.33. The number of rotatable bonds is 14. The summed E-state index contributed by atoms with van der Waals surface area (Å²) in [6.07, 6.45) is 1.17. The van der Waals surface area contributed by atoms with Crippen molar-refractivity contribution >= 4 is 31.3 Å². The van der Waals surface area contributed by atoms with Gasteiger partial charge in [-0.05, 0) is 35.1 Å². The molecule has 0 radical (unpaired) electrons. The maximum atomic E-state index is 11.7. The van der Waals surface area contributed by atoms with Crippen molar-refractivity contribution in [1.29, 1.82) is 0 Å². The summed E-state index contributed by atoms with van der Waals surface area (Å²) in [5, 5.41) is 0.